The zero-order valence-electron chi connectivity index (χ0n) is 27.5. The fraction of sp³-hybridized carbons (Fsp3) is 0.485. The molecular weight excluding hydrogens is 572 g/mol. The maximum Gasteiger partial charge on any atom is 0.414 e. The van der Waals surface area contributed by atoms with E-state index in [0.717, 1.165) is 11.1 Å². The van der Waals surface area contributed by atoms with E-state index >= 15 is 0 Å². The number of ether oxygens (including phenoxy) is 2. The molecule has 0 radical (unpaired) electrons. The topological polar surface area (TPSA) is 122 Å². The molecule has 0 spiro atoms. The van der Waals surface area contributed by atoms with Crippen LogP contribution in [0.15, 0.2) is 42.7 Å². The number of anilines is 3. The molecule has 1 unspecified atom stereocenters. The molecule has 1 aromatic carbocycles. The molecule has 1 atom stereocenters. The number of aromatic nitrogens is 3. The molecule has 10 nitrogen and oxygen atoms in total. The number of nitrogens with zero attached hydrogens (tertiary/aromatic N) is 5. The quantitative estimate of drug-likeness (QED) is 0.255. The van der Waals surface area contributed by atoms with Gasteiger partial charge in [0.05, 0.1) is 23.6 Å². The summed E-state index contributed by atoms with van der Waals surface area (Å²) in [7, 11) is -2.13. The second kappa shape index (κ2) is 12.2. The van der Waals surface area contributed by atoms with Crippen molar-refractivity contribution >= 4 is 31.7 Å². The minimum Gasteiger partial charge on any atom is -0.476 e. The largest absolute Gasteiger partial charge is 0.476 e. The Morgan fingerprint density at radius 1 is 1.14 bits per heavy atom. The van der Waals surface area contributed by atoms with Gasteiger partial charge in [0.1, 0.15) is 17.4 Å². The third kappa shape index (κ3) is 7.03. The van der Waals surface area contributed by atoms with E-state index in [4.69, 9.17) is 18.9 Å². The number of fused-ring (bicyclic) bond motifs is 1. The van der Waals surface area contributed by atoms with Crippen molar-refractivity contribution in [1.82, 2.24) is 15.0 Å². The lowest BCUT2D eigenvalue weighted by molar-refractivity contribution is 0.0575. The summed E-state index contributed by atoms with van der Waals surface area (Å²) < 4.78 is 18.2. The highest BCUT2D eigenvalue weighted by Crippen LogP contribution is 2.47. The van der Waals surface area contributed by atoms with Crippen molar-refractivity contribution < 1.29 is 18.7 Å². The first-order valence-corrected chi connectivity index (χ1v) is 17.8. The van der Waals surface area contributed by atoms with Crippen LogP contribution < -0.4 is 15.0 Å². The summed E-state index contributed by atoms with van der Waals surface area (Å²) in [4.78, 5) is 28.5. The molecule has 3 aromatic rings. The molecule has 44 heavy (non-hydrogen) atoms. The summed E-state index contributed by atoms with van der Waals surface area (Å²) in [6, 6.07) is 11.5. The molecule has 3 heterocycles. The van der Waals surface area contributed by atoms with Crippen LogP contribution in [0.25, 0.3) is 11.3 Å². The predicted molar refractivity (Wildman–Crippen MR) is 175 cm³/mol. The van der Waals surface area contributed by atoms with E-state index in [1.54, 1.807) is 35.5 Å². The van der Waals surface area contributed by atoms with E-state index in [9.17, 15) is 10.1 Å². The number of carbonyl (C=O) groups excluding carboxylic acids is 1. The number of hydrogen-bond acceptors (Lipinski definition) is 9. The van der Waals surface area contributed by atoms with E-state index in [0.29, 0.717) is 54.2 Å². The van der Waals surface area contributed by atoms with Crippen molar-refractivity contribution in [2.24, 2.45) is 0 Å². The van der Waals surface area contributed by atoms with Crippen molar-refractivity contribution in [3.63, 3.8) is 0 Å². The third-order valence-electron chi connectivity index (χ3n) is 8.08. The second-order valence-corrected chi connectivity index (χ2v) is 18.7. The van der Waals surface area contributed by atoms with Gasteiger partial charge in [-0.2, -0.15) is 5.26 Å². The van der Waals surface area contributed by atoms with Crippen molar-refractivity contribution in [3.8, 4) is 23.2 Å². The smallest absolute Gasteiger partial charge is 0.414 e. The number of nitriles is 1. The zero-order chi connectivity index (χ0) is 32.5. The Kier molecular flexibility index (Phi) is 9.10. The molecule has 1 aliphatic heterocycles. The Bertz CT molecular complexity index is 1570. The molecule has 4 rings (SSSR count). The Hall–Kier alpha value is -4.01. The van der Waals surface area contributed by atoms with Gasteiger partial charge in [0.15, 0.2) is 8.32 Å². The van der Waals surface area contributed by atoms with Gasteiger partial charge in [-0.3, -0.25) is 4.90 Å². The molecular formula is C33H44N6O4Si. The highest BCUT2D eigenvalue weighted by atomic mass is 28.4. The molecule has 0 aliphatic carbocycles. The van der Waals surface area contributed by atoms with Gasteiger partial charge < -0.3 is 19.2 Å². The fourth-order valence-electron chi connectivity index (χ4n) is 4.72. The highest BCUT2D eigenvalue weighted by molar-refractivity contribution is 6.74. The minimum atomic E-state index is -2.13. The van der Waals surface area contributed by atoms with Gasteiger partial charge in [-0.1, -0.05) is 27.7 Å². The maximum atomic E-state index is 13.5. The van der Waals surface area contributed by atoms with Crippen LogP contribution >= 0.6 is 0 Å². The first-order valence-electron chi connectivity index (χ1n) is 14.9. The Labute approximate surface area is 261 Å². The van der Waals surface area contributed by atoms with E-state index < -0.39 is 25.4 Å². The molecule has 234 valence electrons. The summed E-state index contributed by atoms with van der Waals surface area (Å²) in [5, 5.41) is 13.6. The summed E-state index contributed by atoms with van der Waals surface area (Å²) in [6.07, 6.45) is 2.83. The minimum absolute atomic E-state index is 0.00990. The van der Waals surface area contributed by atoms with E-state index in [1.165, 1.54) is 0 Å². The number of pyridine rings is 1. The number of hydrogen-bond donors (Lipinski definition) is 1. The summed E-state index contributed by atoms with van der Waals surface area (Å²) >= 11 is 0. The highest BCUT2D eigenvalue weighted by Gasteiger charge is 2.47. The van der Waals surface area contributed by atoms with Gasteiger partial charge in [0, 0.05) is 36.5 Å². The van der Waals surface area contributed by atoms with Crippen LogP contribution in [0, 0.1) is 11.3 Å². The van der Waals surface area contributed by atoms with Crippen LogP contribution in [0.5, 0.6) is 5.88 Å². The number of carbonyl (C=O) groups is 1. The average Bonchev–Trinajstić information content (AvgIpc) is 3.24. The van der Waals surface area contributed by atoms with Crippen LogP contribution in [0.3, 0.4) is 0 Å². The first-order chi connectivity index (χ1) is 20.5. The molecule has 1 amide bonds. The second-order valence-electron chi connectivity index (χ2n) is 13.9. The van der Waals surface area contributed by atoms with Crippen LogP contribution in [0.1, 0.15) is 66.5 Å². The van der Waals surface area contributed by atoms with Crippen molar-refractivity contribution in [3.05, 3.63) is 53.9 Å². The van der Waals surface area contributed by atoms with Gasteiger partial charge in [-0.15, -0.1) is 0 Å². The third-order valence-corrected chi connectivity index (χ3v) is 12.6. The first kappa shape index (κ1) is 32.9. The van der Waals surface area contributed by atoms with Gasteiger partial charge in [0.25, 0.3) is 0 Å². The van der Waals surface area contributed by atoms with Crippen molar-refractivity contribution in [1.29, 1.82) is 5.26 Å². The van der Waals surface area contributed by atoms with Gasteiger partial charge in [-0.25, -0.2) is 19.7 Å². The number of benzene rings is 1. The van der Waals surface area contributed by atoms with E-state index in [2.05, 4.69) is 62.1 Å². The van der Waals surface area contributed by atoms with Gasteiger partial charge in [0.2, 0.25) is 11.8 Å². The molecule has 0 bridgehead atoms. The van der Waals surface area contributed by atoms with Crippen molar-refractivity contribution in [2.75, 3.05) is 30.0 Å². The monoisotopic (exact) mass is 616 g/mol. The molecule has 1 aliphatic rings. The number of amides is 1. The predicted octanol–water partition coefficient (Wildman–Crippen LogP) is 7.59. The maximum absolute atomic E-state index is 13.5. The normalized spacial score (nSPS) is 16.7. The molecule has 11 heteroatoms. The Balaban J connectivity index is 1.79. The van der Waals surface area contributed by atoms with Gasteiger partial charge >= 0.3 is 6.09 Å². The molecule has 0 fully saturated rings. The standard InChI is InChI=1S/C33H44N6O4Si/c1-11-41-28-26(13-12-15-35-28)38-29-36-16-14-25(37-29)22-17-23(19-34)27-24(18-22)33(8,21-42-44(9,10)32(5,6)7)20-39(27)30(40)43-31(2,3)4/h12-18H,11,20-21H2,1-10H3,(H,36,37,38). The van der Waals surface area contributed by atoms with E-state index in [1.807, 2.05) is 39.8 Å². The summed E-state index contributed by atoms with van der Waals surface area (Å²) in [5.74, 6) is 0.808. The summed E-state index contributed by atoms with van der Waals surface area (Å²) in [5.41, 5.74) is 2.45. The van der Waals surface area contributed by atoms with Crippen molar-refractivity contribution in [2.45, 2.75) is 84.5 Å². The number of nitrogens with one attached hydrogen (secondary N) is 1. The average molecular weight is 617 g/mol. The SMILES string of the molecule is CCOc1ncccc1Nc1nccc(-c2cc(C#N)c3c(c2)C(C)(CO[Si](C)(C)C(C)(C)C)CN3C(=O)OC(C)(C)C)n1. The fourth-order valence-corrected chi connectivity index (χ4v) is 5.83. The summed E-state index contributed by atoms with van der Waals surface area (Å²) in [6.45, 7) is 21.7. The van der Waals surface area contributed by atoms with E-state index in [-0.39, 0.29) is 5.04 Å². The van der Waals surface area contributed by atoms with Gasteiger partial charge in [-0.05, 0) is 81.7 Å². The van der Waals surface area contributed by atoms with Crippen LogP contribution in [0.4, 0.5) is 22.1 Å². The Morgan fingerprint density at radius 2 is 1.86 bits per heavy atom. The zero-order valence-corrected chi connectivity index (χ0v) is 28.5. The Morgan fingerprint density at radius 3 is 2.50 bits per heavy atom. The van der Waals surface area contributed by atoms with Crippen LogP contribution in [0.2, 0.25) is 18.1 Å². The molecule has 1 N–H and O–H groups in total. The van der Waals surface area contributed by atoms with Crippen LogP contribution in [-0.2, 0) is 14.6 Å². The lowest BCUT2D eigenvalue weighted by Crippen LogP contribution is -2.46. The molecule has 2 aromatic heterocycles. The lowest BCUT2D eigenvalue weighted by Gasteiger charge is -2.39. The molecule has 0 saturated carbocycles. The molecule has 0 saturated heterocycles. The van der Waals surface area contributed by atoms with Crippen LogP contribution in [-0.4, -0.2) is 54.7 Å². The lowest BCUT2D eigenvalue weighted by atomic mass is 9.83. The number of rotatable bonds is 8.